The molecule has 0 atom stereocenters. The lowest BCUT2D eigenvalue weighted by Crippen LogP contribution is -2.44. The standard InChI is InChI=1S/C24H31N3O2.ClH/c1-17-9-11-20(15-18(17)2)27-23(29)24(13-5-6-14-24)16-26-22(28)12-10-19-7-3-4-8-21(19)25;/h3-4,7-9,11,15H,5-6,10,12-14,16,25H2,1-2H3,(H,26,28)(H,27,29);1H. The van der Waals surface area contributed by atoms with E-state index in [-0.39, 0.29) is 24.2 Å². The van der Waals surface area contributed by atoms with Gasteiger partial charge in [0.15, 0.2) is 0 Å². The van der Waals surface area contributed by atoms with Crippen LogP contribution in [0.4, 0.5) is 11.4 Å². The number of hydrogen-bond acceptors (Lipinski definition) is 3. The molecular weight excluding hydrogens is 398 g/mol. The highest BCUT2D eigenvalue weighted by molar-refractivity contribution is 5.96. The first-order chi connectivity index (χ1) is 13.9. The minimum Gasteiger partial charge on any atom is -0.399 e. The van der Waals surface area contributed by atoms with Gasteiger partial charge in [0, 0.05) is 24.3 Å². The minimum absolute atomic E-state index is 0. The van der Waals surface area contributed by atoms with Gasteiger partial charge < -0.3 is 16.4 Å². The summed E-state index contributed by atoms with van der Waals surface area (Å²) in [5, 5.41) is 6.08. The normalized spacial score (nSPS) is 14.6. The number of nitrogen functional groups attached to an aromatic ring is 1. The zero-order valence-corrected chi connectivity index (χ0v) is 18.6. The van der Waals surface area contributed by atoms with E-state index in [0.29, 0.717) is 25.1 Å². The van der Waals surface area contributed by atoms with E-state index in [9.17, 15) is 9.59 Å². The molecule has 3 rings (SSSR count). The van der Waals surface area contributed by atoms with Crippen molar-refractivity contribution in [2.75, 3.05) is 17.6 Å². The number of carbonyl (C=O) groups is 2. The summed E-state index contributed by atoms with van der Waals surface area (Å²) < 4.78 is 0. The van der Waals surface area contributed by atoms with Crippen LogP contribution in [0.3, 0.4) is 0 Å². The third kappa shape index (κ3) is 5.76. The SMILES string of the molecule is Cc1ccc(NC(=O)C2(CNC(=O)CCc3ccccc3N)CCCC2)cc1C.Cl. The van der Waals surface area contributed by atoms with Crippen molar-refractivity contribution in [2.24, 2.45) is 5.41 Å². The lowest BCUT2D eigenvalue weighted by molar-refractivity contribution is -0.126. The van der Waals surface area contributed by atoms with Gasteiger partial charge in [-0.25, -0.2) is 0 Å². The van der Waals surface area contributed by atoms with Gasteiger partial charge in [0.1, 0.15) is 0 Å². The summed E-state index contributed by atoms with van der Waals surface area (Å²) >= 11 is 0. The van der Waals surface area contributed by atoms with Crippen LogP contribution in [0.25, 0.3) is 0 Å². The molecule has 0 bridgehead atoms. The van der Waals surface area contributed by atoms with Crippen LogP contribution in [0.5, 0.6) is 0 Å². The number of hydrogen-bond donors (Lipinski definition) is 3. The predicted octanol–water partition coefficient (Wildman–Crippen LogP) is 4.56. The van der Waals surface area contributed by atoms with Gasteiger partial charge in [0.25, 0.3) is 0 Å². The molecule has 0 spiro atoms. The maximum atomic E-state index is 13.1. The van der Waals surface area contributed by atoms with Crippen molar-refractivity contribution in [3.63, 3.8) is 0 Å². The van der Waals surface area contributed by atoms with E-state index in [2.05, 4.69) is 17.6 Å². The molecule has 0 unspecified atom stereocenters. The van der Waals surface area contributed by atoms with Crippen LogP contribution in [0.1, 0.15) is 48.8 Å². The molecule has 2 aromatic rings. The molecule has 0 radical (unpaired) electrons. The van der Waals surface area contributed by atoms with Gasteiger partial charge in [-0.1, -0.05) is 37.1 Å². The summed E-state index contributed by atoms with van der Waals surface area (Å²) in [6, 6.07) is 13.6. The Kier molecular flexibility index (Phi) is 8.30. The van der Waals surface area contributed by atoms with E-state index in [1.165, 1.54) is 5.56 Å². The smallest absolute Gasteiger partial charge is 0.232 e. The monoisotopic (exact) mass is 429 g/mol. The number of rotatable bonds is 7. The number of para-hydroxylation sites is 1. The van der Waals surface area contributed by atoms with Gasteiger partial charge in [-0.05, 0) is 68.0 Å². The molecule has 0 heterocycles. The van der Waals surface area contributed by atoms with Gasteiger partial charge in [0.2, 0.25) is 11.8 Å². The molecule has 4 N–H and O–H groups in total. The average Bonchev–Trinajstić information content (AvgIpc) is 3.19. The molecule has 1 aliphatic rings. The molecule has 5 nitrogen and oxygen atoms in total. The summed E-state index contributed by atoms with van der Waals surface area (Å²) in [4.78, 5) is 25.5. The van der Waals surface area contributed by atoms with Crippen molar-refractivity contribution >= 4 is 35.6 Å². The molecule has 2 amide bonds. The molecular formula is C24H32ClN3O2. The number of aryl methyl sites for hydroxylation is 3. The lowest BCUT2D eigenvalue weighted by Gasteiger charge is -2.28. The van der Waals surface area contributed by atoms with Crippen molar-refractivity contribution in [1.82, 2.24) is 5.32 Å². The van der Waals surface area contributed by atoms with Crippen LogP contribution >= 0.6 is 12.4 Å². The molecule has 1 saturated carbocycles. The Morgan fingerprint density at radius 1 is 1.03 bits per heavy atom. The number of nitrogens with two attached hydrogens (primary N) is 1. The Balaban J connectivity index is 0.00000320. The van der Waals surface area contributed by atoms with E-state index >= 15 is 0 Å². The molecule has 1 fully saturated rings. The van der Waals surface area contributed by atoms with Gasteiger partial charge in [-0.3, -0.25) is 9.59 Å². The molecule has 162 valence electrons. The Hall–Kier alpha value is -2.53. The summed E-state index contributed by atoms with van der Waals surface area (Å²) in [6.07, 6.45) is 4.59. The predicted molar refractivity (Wildman–Crippen MR) is 125 cm³/mol. The highest BCUT2D eigenvalue weighted by Gasteiger charge is 2.41. The van der Waals surface area contributed by atoms with Crippen molar-refractivity contribution in [3.8, 4) is 0 Å². The second kappa shape index (κ2) is 10.5. The number of carbonyl (C=O) groups excluding carboxylic acids is 2. The Bertz CT molecular complexity index is 892. The highest BCUT2D eigenvalue weighted by atomic mass is 35.5. The summed E-state index contributed by atoms with van der Waals surface area (Å²) in [5.41, 5.74) is 10.3. The second-order valence-electron chi connectivity index (χ2n) is 8.22. The number of nitrogens with one attached hydrogen (secondary N) is 2. The Morgan fingerprint density at radius 3 is 2.40 bits per heavy atom. The number of halogens is 1. The molecule has 1 aliphatic carbocycles. The third-order valence-corrected chi connectivity index (χ3v) is 6.11. The van der Waals surface area contributed by atoms with Crippen LogP contribution in [0, 0.1) is 19.3 Å². The summed E-state index contributed by atoms with van der Waals surface area (Å²) in [7, 11) is 0. The van der Waals surface area contributed by atoms with Crippen molar-refractivity contribution in [3.05, 3.63) is 59.2 Å². The average molecular weight is 430 g/mol. The van der Waals surface area contributed by atoms with Crippen molar-refractivity contribution < 1.29 is 9.59 Å². The topological polar surface area (TPSA) is 84.2 Å². The molecule has 30 heavy (non-hydrogen) atoms. The molecule has 6 heteroatoms. The fourth-order valence-electron chi connectivity index (χ4n) is 3.98. The quantitative estimate of drug-likeness (QED) is 0.564. The third-order valence-electron chi connectivity index (χ3n) is 6.11. The van der Waals surface area contributed by atoms with Gasteiger partial charge in [-0.2, -0.15) is 0 Å². The van der Waals surface area contributed by atoms with Crippen LogP contribution in [-0.4, -0.2) is 18.4 Å². The fraction of sp³-hybridized carbons (Fsp3) is 0.417. The van der Waals surface area contributed by atoms with Crippen LogP contribution in [0.2, 0.25) is 0 Å². The Labute approximate surface area is 185 Å². The van der Waals surface area contributed by atoms with E-state index in [4.69, 9.17) is 5.73 Å². The zero-order valence-electron chi connectivity index (χ0n) is 17.8. The van der Waals surface area contributed by atoms with Crippen LogP contribution in [-0.2, 0) is 16.0 Å². The van der Waals surface area contributed by atoms with E-state index in [0.717, 1.165) is 42.5 Å². The van der Waals surface area contributed by atoms with Crippen LogP contribution < -0.4 is 16.4 Å². The molecule has 0 aliphatic heterocycles. The maximum absolute atomic E-state index is 13.1. The number of benzene rings is 2. The lowest BCUT2D eigenvalue weighted by atomic mass is 9.84. The number of amides is 2. The highest BCUT2D eigenvalue weighted by Crippen LogP contribution is 2.38. The first-order valence-corrected chi connectivity index (χ1v) is 10.4. The maximum Gasteiger partial charge on any atom is 0.232 e. The second-order valence-corrected chi connectivity index (χ2v) is 8.22. The van der Waals surface area contributed by atoms with Gasteiger partial charge in [0.05, 0.1) is 5.41 Å². The zero-order chi connectivity index (χ0) is 20.9. The first kappa shape index (κ1) is 23.7. The van der Waals surface area contributed by atoms with Gasteiger partial charge >= 0.3 is 0 Å². The first-order valence-electron chi connectivity index (χ1n) is 10.4. The minimum atomic E-state index is -0.528. The molecule has 2 aromatic carbocycles. The Morgan fingerprint density at radius 2 is 1.73 bits per heavy atom. The molecule has 0 saturated heterocycles. The largest absolute Gasteiger partial charge is 0.399 e. The molecule has 0 aromatic heterocycles. The van der Waals surface area contributed by atoms with Crippen LogP contribution in [0.15, 0.2) is 42.5 Å². The summed E-state index contributed by atoms with van der Waals surface area (Å²) in [6.45, 7) is 4.47. The number of anilines is 2. The van der Waals surface area contributed by atoms with Gasteiger partial charge in [-0.15, -0.1) is 12.4 Å². The fourth-order valence-corrected chi connectivity index (χ4v) is 3.98. The van der Waals surface area contributed by atoms with E-state index in [1.54, 1.807) is 0 Å². The van der Waals surface area contributed by atoms with E-state index < -0.39 is 5.41 Å². The summed E-state index contributed by atoms with van der Waals surface area (Å²) in [5.74, 6) is -0.0376. The van der Waals surface area contributed by atoms with Crippen molar-refractivity contribution in [1.29, 1.82) is 0 Å². The van der Waals surface area contributed by atoms with Crippen molar-refractivity contribution in [2.45, 2.75) is 52.4 Å². The van der Waals surface area contributed by atoms with E-state index in [1.807, 2.05) is 49.4 Å².